The lowest BCUT2D eigenvalue weighted by molar-refractivity contribution is -0.140. The third kappa shape index (κ3) is 2.10. The lowest BCUT2D eigenvalue weighted by atomic mass is 9.95. The van der Waals surface area contributed by atoms with Crippen LogP contribution < -0.4 is 0 Å². The van der Waals surface area contributed by atoms with Crippen LogP contribution in [0.1, 0.15) is 6.42 Å². The van der Waals surface area contributed by atoms with Crippen molar-refractivity contribution in [1.29, 1.82) is 0 Å². The molecule has 0 aromatic heterocycles. The molecule has 1 saturated heterocycles. The van der Waals surface area contributed by atoms with E-state index in [0.717, 1.165) is 10.9 Å². The van der Waals surface area contributed by atoms with E-state index in [1.54, 1.807) is 0 Å². The summed E-state index contributed by atoms with van der Waals surface area (Å²) in [6.45, 7) is 3.89. The Morgan fingerprint density at radius 2 is 2.33 bits per heavy atom. The summed E-state index contributed by atoms with van der Waals surface area (Å²) in [4.78, 5) is 10.9. The molecule has 1 aliphatic rings. The second kappa shape index (κ2) is 4.42. The summed E-state index contributed by atoms with van der Waals surface area (Å²) in [6, 6.07) is 0. The molecular formula is C8H10Br2O2. The van der Waals surface area contributed by atoms with E-state index in [4.69, 9.17) is 4.74 Å². The average Bonchev–Trinajstić information content (AvgIpc) is 2.45. The summed E-state index contributed by atoms with van der Waals surface area (Å²) in [5.74, 6) is 0.0581. The molecule has 4 heteroatoms. The SMILES string of the molecule is C=C(CBr)[C@H]1CC(=O)O[C@@H]1CBr. The van der Waals surface area contributed by atoms with Crippen molar-refractivity contribution in [2.24, 2.45) is 5.92 Å². The molecule has 68 valence electrons. The lowest BCUT2D eigenvalue weighted by Gasteiger charge is -2.15. The van der Waals surface area contributed by atoms with Crippen molar-refractivity contribution in [1.82, 2.24) is 0 Å². The summed E-state index contributed by atoms with van der Waals surface area (Å²) < 4.78 is 5.08. The molecule has 1 fully saturated rings. The minimum absolute atomic E-state index is 0.0254. The van der Waals surface area contributed by atoms with Gasteiger partial charge < -0.3 is 4.74 Å². The predicted octanol–water partition coefficient (Wildman–Crippen LogP) is 2.26. The van der Waals surface area contributed by atoms with Crippen LogP contribution in [0, 0.1) is 5.92 Å². The van der Waals surface area contributed by atoms with Crippen LogP contribution in [0.15, 0.2) is 12.2 Å². The van der Waals surface area contributed by atoms with Crippen LogP contribution in [-0.4, -0.2) is 22.7 Å². The largest absolute Gasteiger partial charge is 0.461 e. The van der Waals surface area contributed by atoms with Crippen molar-refractivity contribution in [3.05, 3.63) is 12.2 Å². The fraction of sp³-hybridized carbons (Fsp3) is 0.625. The van der Waals surface area contributed by atoms with Gasteiger partial charge in [0, 0.05) is 16.6 Å². The summed E-state index contributed by atoms with van der Waals surface area (Å²) in [7, 11) is 0. The Balaban J connectivity index is 2.63. The van der Waals surface area contributed by atoms with E-state index >= 15 is 0 Å². The van der Waals surface area contributed by atoms with Gasteiger partial charge in [-0.1, -0.05) is 44.0 Å². The van der Waals surface area contributed by atoms with E-state index in [1.807, 2.05) is 0 Å². The third-order valence-electron chi connectivity index (χ3n) is 1.97. The lowest BCUT2D eigenvalue weighted by Crippen LogP contribution is -2.19. The minimum Gasteiger partial charge on any atom is -0.461 e. The van der Waals surface area contributed by atoms with Gasteiger partial charge in [0.1, 0.15) is 6.10 Å². The molecular weight excluding hydrogens is 288 g/mol. The van der Waals surface area contributed by atoms with E-state index in [-0.39, 0.29) is 18.0 Å². The third-order valence-corrected chi connectivity index (χ3v) is 3.32. The summed E-state index contributed by atoms with van der Waals surface area (Å²) in [5, 5.41) is 1.42. The van der Waals surface area contributed by atoms with Gasteiger partial charge in [0.25, 0.3) is 0 Å². The number of alkyl halides is 2. The van der Waals surface area contributed by atoms with E-state index in [2.05, 4.69) is 38.4 Å². The Bertz CT molecular complexity index is 203. The van der Waals surface area contributed by atoms with Gasteiger partial charge in [-0.2, -0.15) is 0 Å². The first-order valence-corrected chi connectivity index (χ1v) is 5.92. The predicted molar refractivity (Wildman–Crippen MR) is 54.7 cm³/mol. The van der Waals surface area contributed by atoms with Gasteiger partial charge in [0.2, 0.25) is 0 Å². The maximum atomic E-state index is 10.9. The molecule has 0 bridgehead atoms. The average molecular weight is 298 g/mol. The molecule has 0 aromatic carbocycles. The molecule has 1 aliphatic heterocycles. The standard InChI is InChI=1S/C8H10Br2O2/c1-5(3-9)6-2-8(11)12-7(6)4-10/h6-7H,1-4H2/t6-,7-/m1/s1. The topological polar surface area (TPSA) is 26.3 Å². The van der Waals surface area contributed by atoms with Crippen LogP contribution in [0.5, 0.6) is 0 Å². The van der Waals surface area contributed by atoms with Gasteiger partial charge >= 0.3 is 5.97 Å². The molecule has 1 rings (SSSR count). The molecule has 0 radical (unpaired) electrons. The second-order valence-corrected chi connectivity index (χ2v) is 3.99. The van der Waals surface area contributed by atoms with Gasteiger partial charge in [0.05, 0.1) is 6.42 Å². The Morgan fingerprint density at radius 3 is 2.83 bits per heavy atom. The number of cyclic esters (lactones) is 1. The van der Waals surface area contributed by atoms with E-state index in [0.29, 0.717) is 11.8 Å². The Morgan fingerprint density at radius 1 is 1.67 bits per heavy atom. The van der Waals surface area contributed by atoms with Crippen molar-refractivity contribution >= 4 is 37.8 Å². The zero-order valence-electron chi connectivity index (χ0n) is 6.56. The Kier molecular flexibility index (Phi) is 3.77. The summed E-state index contributed by atoms with van der Waals surface area (Å²) in [5.41, 5.74) is 1.03. The zero-order valence-corrected chi connectivity index (χ0v) is 9.73. The zero-order chi connectivity index (χ0) is 9.14. The highest BCUT2D eigenvalue weighted by atomic mass is 79.9. The van der Waals surface area contributed by atoms with Gasteiger partial charge in [-0.25, -0.2) is 0 Å². The fourth-order valence-electron chi connectivity index (χ4n) is 1.26. The van der Waals surface area contributed by atoms with Crippen LogP contribution >= 0.6 is 31.9 Å². The molecule has 0 amide bonds. The number of carbonyl (C=O) groups is 1. The Hall–Kier alpha value is 0.170. The van der Waals surface area contributed by atoms with Crippen molar-refractivity contribution in [3.63, 3.8) is 0 Å². The van der Waals surface area contributed by atoms with Crippen LogP contribution in [0.3, 0.4) is 0 Å². The molecule has 0 aromatic rings. The van der Waals surface area contributed by atoms with Crippen LogP contribution in [0.2, 0.25) is 0 Å². The molecule has 2 nitrogen and oxygen atoms in total. The maximum Gasteiger partial charge on any atom is 0.306 e. The Labute approximate surface area is 88.6 Å². The second-order valence-electron chi connectivity index (χ2n) is 2.79. The number of ether oxygens (including phenoxy) is 1. The van der Waals surface area contributed by atoms with Crippen molar-refractivity contribution in [3.8, 4) is 0 Å². The van der Waals surface area contributed by atoms with Crippen molar-refractivity contribution < 1.29 is 9.53 Å². The number of hydrogen-bond donors (Lipinski definition) is 0. The highest BCUT2D eigenvalue weighted by molar-refractivity contribution is 9.09. The molecule has 0 unspecified atom stereocenters. The van der Waals surface area contributed by atoms with Gasteiger partial charge in [0.15, 0.2) is 0 Å². The highest BCUT2D eigenvalue weighted by Gasteiger charge is 2.35. The smallest absolute Gasteiger partial charge is 0.306 e. The number of esters is 1. The molecule has 0 spiro atoms. The normalized spacial score (nSPS) is 28.7. The first-order chi connectivity index (χ1) is 5.69. The number of rotatable bonds is 3. The number of hydrogen-bond acceptors (Lipinski definition) is 2. The number of carbonyl (C=O) groups excluding carboxylic acids is 1. The van der Waals surface area contributed by atoms with E-state index in [1.165, 1.54) is 0 Å². The van der Waals surface area contributed by atoms with Gasteiger partial charge in [-0.05, 0) is 0 Å². The highest BCUT2D eigenvalue weighted by Crippen LogP contribution is 2.29. The van der Waals surface area contributed by atoms with Crippen molar-refractivity contribution in [2.45, 2.75) is 12.5 Å². The summed E-state index contributed by atoms with van der Waals surface area (Å²) >= 11 is 6.63. The quantitative estimate of drug-likeness (QED) is 0.454. The molecule has 2 atom stereocenters. The maximum absolute atomic E-state index is 10.9. The molecule has 0 saturated carbocycles. The van der Waals surface area contributed by atoms with E-state index < -0.39 is 0 Å². The number of halogens is 2. The monoisotopic (exact) mass is 296 g/mol. The van der Waals surface area contributed by atoms with E-state index in [9.17, 15) is 4.79 Å². The fourth-order valence-corrected chi connectivity index (χ4v) is 2.25. The summed E-state index contributed by atoms with van der Waals surface area (Å²) in [6.07, 6.45) is 0.447. The van der Waals surface area contributed by atoms with Crippen LogP contribution in [0.25, 0.3) is 0 Å². The molecule has 0 aliphatic carbocycles. The molecule has 1 heterocycles. The minimum atomic E-state index is -0.119. The molecule has 12 heavy (non-hydrogen) atoms. The van der Waals surface area contributed by atoms with Gasteiger partial charge in [-0.15, -0.1) is 0 Å². The van der Waals surface area contributed by atoms with Crippen LogP contribution in [-0.2, 0) is 9.53 Å². The first-order valence-electron chi connectivity index (χ1n) is 3.68. The molecule has 0 N–H and O–H groups in total. The van der Waals surface area contributed by atoms with Crippen molar-refractivity contribution in [2.75, 3.05) is 10.7 Å². The van der Waals surface area contributed by atoms with Crippen LogP contribution in [0.4, 0.5) is 0 Å². The van der Waals surface area contributed by atoms with Gasteiger partial charge in [-0.3, -0.25) is 4.79 Å². The first kappa shape index (κ1) is 10.3.